The summed E-state index contributed by atoms with van der Waals surface area (Å²) in [6, 6.07) is 10.2. The van der Waals surface area contributed by atoms with E-state index in [-0.39, 0.29) is 11.6 Å². The Kier molecular flexibility index (Phi) is 5.64. The Morgan fingerprint density at radius 3 is 2.74 bits per heavy atom. The minimum Gasteiger partial charge on any atom is -0.497 e. The van der Waals surface area contributed by atoms with Crippen LogP contribution in [0.1, 0.15) is 11.3 Å². The SMILES string of the molecule is COc1ccc(CNC(=S)N/N=C\c2ccc([N+](=O)[O-])o2)cc1. The number of ether oxygens (including phenoxy) is 1. The van der Waals surface area contributed by atoms with Crippen LogP contribution in [0.15, 0.2) is 45.9 Å². The number of thiocarbonyl (C=S) groups is 1. The van der Waals surface area contributed by atoms with E-state index in [9.17, 15) is 10.1 Å². The van der Waals surface area contributed by atoms with Crippen molar-refractivity contribution in [3.05, 3.63) is 57.8 Å². The lowest BCUT2D eigenvalue weighted by molar-refractivity contribution is -0.402. The van der Waals surface area contributed by atoms with Crippen LogP contribution in [0.4, 0.5) is 5.88 Å². The fraction of sp³-hybridized carbons (Fsp3) is 0.143. The molecule has 0 bridgehead atoms. The Balaban J connectivity index is 1.77. The first-order chi connectivity index (χ1) is 11.1. The second-order valence-corrected chi connectivity index (χ2v) is 4.74. The maximum atomic E-state index is 10.5. The van der Waals surface area contributed by atoms with Crippen LogP contribution in [0, 0.1) is 10.1 Å². The van der Waals surface area contributed by atoms with Gasteiger partial charge in [-0.25, -0.2) is 0 Å². The fourth-order valence-corrected chi connectivity index (χ4v) is 1.75. The van der Waals surface area contributed by atoms with Gasteiger partial charge in [0.1, 0.15) is 10.7 Å². The number of benzene rings is 1. The van der Waals surface area contributed by atoms with Crippen molar-refractivity contribution in [2.45, 2.75) is 6.54 Å². The summed E-state index contributed by atoms with van der Waals surface area (Å²) in [5, 5.41) is 17.6. The zero-order chi connectivity index (χ0) is 16.7. The molecule has 1 aromatic carbocycles. The predicted octanol–water partition coefficient (Wildman–Crippen LogP) is 2.19. The normalized spacial score (nSPS) is 10.5. The summed E-state index contributed by atoms with van der Waals surface area (Å²) in [7, 11) is 1.61. The Hall–Kier alpha value is -2.94. The lowest BCUT2D eigenvalue weighted by Crippen LogP contribution is -2.31. The molecule has 23 heavy (non-hydrogen) atoms. The van der Waals surface area contributed by atoms with Crippen LogP contribution >= 0.6 is 12.2 Å². The maximum Gasteiger partial charge on any atom is 0.433 e. The van der Waals surface area contributed by atoms with Gasteiger partial charge in [0, 0.05) is 6.54 Å². The molecule has 1 aromatic heterocycles. The number of rotatable bonds is 6. The minimum absolute atomic E-state index is 0.252. The summed E-state index contributed by atoms with van der Waals surface area (Å²) in [6.07, 6.45) is 1.30. The maximum absolute atomic E-state index is 10.5. The number of nitro groups is 1. The Morgan fingerprint density at radius 2 is 2.13 bits per heavy atom. The molecule has 120 valence electrons. The van der Waals surface area contributed by atoms with Gasteiger partial charge in [-0.1, -0.05) is 12.1 Å². The average molecular weight is 334 g/mol. The summed E-state index contributed by atoms with van der Waals surface area (Å²) in [4.78, 5) is 9.85. The molecule has 2 rings (SSSR count). The molecule has 0 amide bonds. The van der Waals surface area contributed by atoms with Crippen molar-refractivity contribution in [3.63, 3.8) is 0 Å². The van der Waals surface area contributed by atoms with E-state index in [1.807, 2.05) is 24.3 Å². The molecule has 0 saturated carbocycles. The van der Waals surface area contributed by atoms with E-state index in [1.165, 1.54) is 18.3 Å². The lowest BCUT2D eigenvalue weighted by Gasteiger charge is -2.07. The highest BCUT2D eigenvalue weighted by atomic mass is 32.1. The van der Waals surface area contributed by atoms with Gasteiger partial charge in [-0.2, -0.15) is 5.10 Å². The number of nitrogens with zero attached hydrogens (tertiary/aromatic N) is 2. The monoisotopic (exact) mass is 334 g/mol. The first kappa shape index (κ1) is 16.4. The van der Waals surface area contributed by atoms with Gasteiger partial charge in [-0.05, 0) is 36.0 Å². The fourth-order valence-electron chi connectivity index (χ4n) is 1.63. The van der Waals surface area contributed by atoms with Crippen molar-refractivity contribution in [1.29, 1.82) is 0 Å². The van der Waals surface area contributed by atoms with E-state index in [0.29, 0.717) is 11.7 Å². The second kappa shape index (κ2) is 7.90. The molecule has 0 fully saturated rings. The molecule has 2 N–H and O–H groups in total. The van der Waals surface area contributed by atoms with Gasteiger partial charge < -0.3 is 14.5 Å². The summed E-state index contributed by atoms with van der Waals surface area (Å²) >= 11 is 5.06. The lowest BCUT2D eigenvalue weighted by atomic mass is 10.2. The van der Waals surface area contributed by atoms with E-state index >= 15 is 0 Å². The standard InChI is InChI=1S/C14H14N4O4S/c1-21-11-4-2-10(3-5-11)8-15-14(23)17-16-9-12-6-7-13(22-12)18(19)20/h2-7,9H,8H2,1H3,(H2,15,17,23)/b16-9-. The van der Waals surface area contributed by atoms with Crippen LogP contribution in [0.5, 0.6) is 5.75 Å². The zero-order valence-electron chi connectivity index (χ0n) is 12.2. The van der Waals surface area contributed by atoms with Gasteiger partial charge in [-0.3, -0.25) is 15.5 Å². The van der Waals surface area contributed by atoms with Crippen LogP contribution in [0.25, 0.3) is 0 Å². The third-order valence-corrected chi connectivity index (χ3v) is 3.00. The van der Waals surface area contributed by atoms with Crippen molar-refractivity contribution >= 4 is 29.4 Å². The number of furan rings is 1. The Bertz CT molecular complexity index is 712. The molecular weight excluding hydrogens is 320 g/mol. The van der Waals surface area contributed by atoms with Crippen LogP contribution < -0.4 is 15.5 Å². The molecule has 9 heteroatoms. The van der Waals surface area contributed by atoms with Crippen molar-refractivity contribution in [1.82, 2.24) is 10.7 Å². The van der Waals surface area contributed by atoms with Crippen molar-refractivity contribution < 1.29 is 14.1 Å². The molecule has 1 heterocycles. The van der Waals surface area contributed by atoms with Crippen LogP contribution in [-0.2, 0) is 6.54 Å². The van der Waals surface area contributed by atoms with Crippen LogP contribution in [0.3, 0.4) is 0 Å². The zero-order valence-corrected chi connectivity index (χ0v) is 13.0. The van der Waals surface area contributed by atoms with Gasteiger partial charge >= 0.3 is 5.88 Å². The van der Waals surface area contributed by atoms with Crippen LogP contribution in [-0.4, -0.2) is 23.4 Å². The molecule has 0 saturated heterocycles. The Morgan fingerprint density at radius 1 is 1.39 bits per heavy atom. The molecule has 0 radical (unpaired) electrons. The highest BCUT2D eigenvalue weighted by Gasteiger charge is 2.10. The third-order valence-electron chi connectivity index (χ3n) is 2.76. The second-order valence-electron chi connectivity index (χ2n) is 4.33. The minimum atomic E-state index is -0.619. The largest absolute Gasteiger partial charge is 0.497 e. The van der Waals surface area contributed by atoms with E-state index in [2.05, 4.69) is 15.8 Å². The van der Waals surface area contributed by atoms with Gasteiger partial charge in [0.2, 0.25) is 0 Å². The van der Waals surface area contributed by atoms with E-state index in [0.717, 1.165) is 11.3 Å². The van der Waals surface area contributed by atoms with E-state index in [1.54, 1.807) is 7.11 Å². The molecule has 0 aliphatic rings. The third kappa shape index (κ3) is 5.08. The van der Waals surface area contributed by atoms with Crippen molar-refractivity contribution in [2.24, 2.45) is 5.10 Å². The van der Waals surface area contributed by atoms with E-state index < -0.39 is 4.92 Å². The predicted molar refractivity (Wildman–Crippen MR) is 88.5 cm³/mol. The topological polar surface area (TPSA) is 102 Å². The molecule has 0 aliphatic carbocycles. The van der Waals surface area contributed by atoms with Gasteiger partial charge in [-0.15, -0.1) is 0 Å². The highest BCUT2D eigenvalue weighted by Crippen LogP contribution is 2.13. The number of methoxy groups -OCH3 is 1. The number of nitrogens with one attached hydrogen (secondary N) is 2. The Labute approximate surface area is 137 Å². The molecule has 8 nitrogen and oxygen atoms in total. The van der Waals surface area contributed by atoms with Crippen molar-refractivity contribution in [3.8, 4) is 5.75 Å². The quantitative estimate of drug-likeness (QED) is 0.361. The molecule has 2 aromatic rings. The van der Waals surface area contributed by atoms with Gasteiger partial charge in [0.15, 0.2) is 10.9 Å². The first-order valence-electron chi connectivity index (χ1n) is 6.52. The molecule has 0 atom stereocenters. The average Bonchev–Trinajstić information content (AvgIpc) is 3.02. The molecular formula is C14H14N4O4S. The molecule has 0 spiro atoms. The first-order valence-corrected chi connectivity index (χ1v) is 6.93. The summed E-state index contributed by atoms with van der Waals surface area (Å²) in [5.74, 6) is 0.695. The van der Waals surface area contributed by atoms with Gasteiger partial charge in [0.05, 0.1) is 19.4 Å². The summed E-state index contributed by atoms with van der Waals surface area (Å²) in [6.45, 7) is 0.525. The van der Waals surface area contributed by atoms with E-state index in [4.69, 9.17) is 21.4 Å². The smallest absolute Gasteiger partial charge is 0.433 e. The molecule has 0 aliphatic heterocycles. The van der Waals surface area contributed by atoms with Gasteiger partial charge in [0.25, 0.3) is 0 Å². The number of hydrazone groups is 1. The summed E-state index contributed by atoms with van der Waals surface area (Å²) < 4.78 is 9.99. The van der Waals surface area contributed by atoms with Crippen molar-refractivity contribution in [2.75, 3.05) is 7.11 Å². The number of hydrogen-bond donors (Lipinski definition) is 2. The number of hydrogen-bond acceptors (Lipinski definition) is 6. The molecule has 0 unspecified atom stereocenters. The van der Waals surface area contributed by atoms with Crippen LogP contribution in [0.2, 0.25) is 0 Å². The highest BCUT2D eigenvalue weighted by molar-refractivity contribution is 7.80. The summed E-state index contributed by atoms with van der Waals surface area (Å²) in [5.41, 5.74) is 3.63.